The second kappa shape index (κ2) is 6.51. The average Bonchev–Trinajstić information content (AvgIpc) is 2.47. The van der Waals surface area contributed by atoms with Crippen LogP contribution in [-0.4, -0.2) is 16.9 Å². The van der Waals surface area contributed by atoms with Crippen LogP contribution in [0.15, 0.2) is 42.6 Å². The minimum atomic E-state index is 0.269. The number of hydrogen-bond acceptors (Lipinski definition) is 3. The van der Waals surface area contributed by atoms with Crippen molar-refractivity contribution >= 4 is 11.6 Å². The summed E-state index contributed by atoms with van der Waals surface area (Å²) in [6.45, 7) is 2.91. The van der Waals surface area contributed by atoms with Crippen LogP contribution in [0.3, 0.4) is 0 Å². The number of nitrogens with zero attached hydrogens (tertiary/aromatic N) is 3. The van der Waals surface area contributed by atoms with Crippen LogP contribution in [0, 0.1) is 11.3 Å². The quantitative estimate of drug-likeness (QED) is 0.858. The monoisotopic (exact) mass is 285 g/mol. The first-order chi connectivity index (χ1) is 9.60. The van der Waals surface area contributed by atoms with Gasteiger partial charge in [0.25, 0.3) is 0 Å². The summed E-state index contributed by atoms with van der Waals surface area (Å²) in [5, 5.41) is 9.62. The van der Waals surface area contributed by atoms with Gasteiger partial charge in [0.05, 0.1) is 0 Å². The van der Waals surface area contributed by atoms with Crippen molar-refractivity contribution in [3.63, 3.8) is 0 Å². The lowest BCUT2D eigenvalue weighted by Crippen LogP contribution is -2.22. The number of hydrogen-bond donors (Lipinski definition) is 0. The van der Waals surface area contributed by atoms with E-state index in [1.807, 2.05) is 36.4 Å². The van der Waals surface area contributed by atoms with Gasteiger partial charge in [-0.1, -0.05) is 23.7 Å². The zero-order valence-corrected chi connectivity index (χ0v) is 12.3. The molecule has 0 fully saturated rings. The van der Waals surface area contributed by atoms with E-state index in [-0.39, 0.29) is 6.04 Å². The Balaban J connectivity index is 2.09. The molecule has 102 valence electrons. The third kappa shape index (κ3) is 3.57. The van der Waals surface area contributed by atoms with Gasteiger partial charge in [-0.15, -0.1) is 0 Å². The van der Waals surface area contributed by atoms with Gasteiger partial charge in [-0.2, -0.15) is 5.26 Å². The maximum Gasteiger partial charge on any atom is 0.140 e. The molecule has 4 heteroatoms. The Morgan fingerprint density at radius 3 is 2.65 bits per heavy atom. The molecule has 0 radical (unpaired) electrons. The summed E-state index contributed by atoms with van der Waals surface area (Å²) in [7, 11) is 2.06. The van der Waals surface area contributed by atoms with Crippen molar-refractivity contribution < 1.29 is 0 Å². The summed E-state index contributed by atoms with van der Waals surface area (Å²) < 4.78 is 0. The number of halogens is 1. The molecule has 0 bridgehead atoms. The van der Waals surface area contributed by atoms with Crippen molar-refractivity contribution in [1.82, 2.24) is 9.88 Å². The Labute approximate surface area is 124 Å². The fraction of sp³-hybridized carbons (Fsp3) is 0.250. The van der Waals surface area contributed by atoms with Crippen LogP contribution in [0.1, 0.15) is 29.8 Å². The molecule has 3 nitrogen and oxygen atoms in total. The van der Waals surface area contributed by atoms with Crippen LogP contribution in [0.5, 0.6) is 0 Å². The van der Waals surface area contributed by atoms with Crippen molar-refractivity contribution in [3.8, 4) is 6.07 Å². The molecule has 20 heavy (non-hydrogen) atoms. The van der Waals surface area contributed by atoms with E-state index in [0.29, 0.717) is 5.69 Å². The summed E-state index contributed by atoms with van der Waals surface area (Å²) in [5.74, 6) is 0. The molecule has 2 rings (SSSR count). The van der Waals surface area contributed by atoms with Gasteiger partial charge in [0.1, 0.15) is 11.8 Å². The van der Waals surface area contributed by atoms with Gasteiger partial charge in [-0.05, 0) is 49.4 Å². The van der Waals surface area contributed by atoms with Gasteiger partial charge in [0.2, 0.25) is 0 Å². The van der Waals surface area contributed by atoms with Crippen LogP contribution in [0.2, 0.25) is 5.02 Å². The van der Waals surface area contributed by atoms with E-state index in [9.17, 15) is 0 Å². The van der Waals surface area contributed by atoms with Crippen molar-refractivity contribution in [1.29, 1.82) is 5.26 Å². The van der Waals surface area contributed by atoms with Crippen molar-refractivity contribution in [2.24, 2.45) is 0 Å². The highest BCUT2D eigenvalue weighted by Crippen LogP contribution is 2.22. The molecule has 0 spiro atoms. The Morgan fingerprint density at radius 2 is 2.00 bits per heavy atom. The number of nitriles is 1. The number of rotatable bonds is 4. The number of pyridine rings is 1. The Bertz CT molecular complexity index is 616. The van der Waals surface area contributed by atoms with E-state index in [1.165, 1.54) is 5.56 Å². The largest absolute Gasteiger partial charge is 0.295 e. The van der Waals surface area contributed by atoms with Crippen LogP contribution in [0.4, 0.5) is 0 Å². The number of aromatic nitrogens is 1. The summed E-state index contributed by atoms with van der Waals surface area (Å²) in [4.78, 5) is 6.21. The van der Waals surface area contributed by atoms with E-state index >= 15 is 0 Å². The molecule has 0 saturated heterocycles. The molecule has 0 saturated carbocycles. The third-order valence-electron chi connectivity index (χ3n) is 3.38. The SMILES string of the molecule is CC(c1ccc(Cl)cc1)N(C)Cc1ccnc(C#N)c1. The van der Waals surface area contributed by atoms with E-state index in [0.717, 1.165) is 17.1 Å². The molecule has 1 atom stereocenters. The Kier molecular flexibility index (Phi) is 4.73. The zero-order chi connectivity index (χ0) is 14.5. The molecule has 0 aliphatic heterocycles. The zero-order valence-electron chi connectivity index (χ0n) is 11.5. The Morgan fingerprint density at radius 1 is 1.30 bits per heavy atom. The van der Waals surface area contributed by atoms with Gasteiger partial charge in [0, 0.05) is 23.8 Å². The van der Waals surface area contributed by atoms with Crippen LogP contribution in [0.25, 0.3) is 0 Å². The van der Waals surface area contributed by atoms with Gasteiger partial charge in [-0.25, -0.2) is 4.98 Å². The smallest absolute Gasteiger partial charge is 0.140 e. The van der Waals surface area contributed by atoms with Crippen LogP contribution < -0.4 is 0 Å². The summed E-state index contributed by atoms with van der Waals surface area (Å²) in [6, 6.07) is 14.0. The fourth-order valence-corrected chi connectivity index (χ4v) is 2.18. The molecule has 2 aromatic rings. The van der Waals surface area contributed by atoms with E-state index in [1.54, 1.807) is 6.20 Å². The lowest BCUT2D eigenvalue weighted by molar-refractivity contribution is 0.253. The normalized spacial score (nSPS) is 12.2. The van der Waals surface area contributed by atoms with Crippen LogP contribution in [-0.2, 0) is 6.54 Å². The van der Waals surface area contributed by atoms with Gasteiger partial charge in [0.15, 0.2) is 0 Å². The summed E-state index contributed by atoms with van der Waals surface area (Å²) in [6.07, 6.45) is 1.68. The first kappa shape index (κ1) is 14.5. The molecule has 0 amide bonds. The van der Waals surface area contributed by atoms with Gasteiger partial charge < -0.3 is 0 Å². The number of benzene rings is 1. The molecule has 0 aliphatic rings. The van der Waals surface area contributed by atoms with Gasteiger partial charge in [-0.3, -0.25) is 4.90 Å². The molecular formula is C16H16ClN3. The lowest BCUT2D eigenvalue weighted by atomic mass is 10.1. The van der Waals surface area contributed by atoms with E-state index in [4.69, 9.17) is 16.9 Å². The first-order valence-electron chi connectivity index (χ1n) is 6.41. The molecule has 0 N–H and O–H groups in total. The maximum atomic E-state index is 8.87. The van der Waals surface area contributed by atoms with E-state index in [2.05, 4.69) is 29.9 Å². The molecular weight excluding hydrogens is 270 g/mol. The topological polar surface area (TPSA) is 39.9 Å². The van der Waals surface area contributed by atoms with Crippen molar-refractivity contribution in [2.45, 2.75) is 19.5 Å². The maximum absolute atomic E-state index is 8.87. The highest BCUT2D eigenvalue weighted by molar-refractivity contribution is 6.30. The van der Waals surface area contributed by atoms with Crippen molar-refractivity contribution in [3.05, 3.63) is 64.4 Å². The minimum absolute atomic E-state index is 0.269. The Hall–Kier alpha value is -1.89. The highest BCUT2D eigenvalue weighted by atomic mass is 35.5. The fourth-order valence-electron chi connectivity index (χ4n) is 2.05. The summed E-state index contributed by atoms with van der Waals surface area (Å²) in [5.41, 5.74) is 2.75. The molecule has 1 aromatic carbocycles. The predicted octanol–water partition coefficient (Wildman–Crippen LogP) is 3.80. The van der Waals surface area contributed by atoms with Crippen LogP contribution >= 0.6 is 11.6 Å². The predicted molar refractivity (Wildman–Crippen MR) is 80.3 cm³/mol. The molecule has 1 unspecified atom stereocenters. The second-order valence-electron chi connectivity index (χ2n) is 4.80. The molecule has 1 aromatic heterocycles. The standard InChI is InChI=1S/C16H16ClN3/c1-12(14-3-5-15(17)6-4-14)20(2)11-13-7-8-19-16(9-13)10-18/h3-9,12H,11H2,1-2H3. The van der Waals surface area contributed by atoms with Gasteiger partial charge >= 0.3 is 0 Å². The first-order valence-corrected chi connectivity index (χ1v) is 6.78. The average molecular weight is 286 g/mol. The third-order valence-corrected chi connectivity index (χ3v) is 3.64. The van der Waals surface area contributed by atoms with E-state index < -0.39 is 0 Å². The molecule has 1 heterocycles. The second-order valence-corrected chi connectivity index (χ2v) is 5.24. The molecule has 0 aliphatic carbocycles. The minimum Gasteiger partial charge on any atom is -0.295 e. The summed E-state index contributed by atoms with van der Waals surface area (Å²) >= 11 is 5.91. The highest BCUT2D eigenvalue weighted by Gasteiger charge is 2.12. The van der Waals surface area contributed by atoms with Crippen molar-refractivity contribution in [2.75, 3.05) is 7.05 Å². The lowest BCUT2D eigenvalue weighted by Gasteiger charge is -2.25.